The number of hydrogen-bond acceptors (Lipinski definition) is 4. The monoisotopic (exact) mass is 221 g/mol. The minimum Gasteiger partial charge on any atom is -0.387 e. The van der Waals surface area contributed by atoms with Crippen molar-refractivity contribution in [2.45, 2.75) is 12.5 Å². The van der Waals surface area contributed by atoms with Crippen LogP contribution in [0, 0.1) is 0 Å². The lowest BCUT2D eigenvalue weighted by Gasteiger charge is -2.22. The van der Waals surface area contributed by atoms with Gasteiger partial charge in [-0.15, -0.1) is 0 Å². The second-order valence-corrected chi connectivity index (χ2v) is 4.21. The highest BCUT2D eigenvalue weighted by Gasteiger charge is 2.14. The van der Waals surface area contributed by atoms with E-state index in [0.29, 0.717) is 6.54 Å². The molecule has 1 aromatic heterocycles. The Labute approximate surface area is 96.3 Å². The molecule has 4 heteroatoms. The highest BCUT2D eigenvalue weighted by molar-refractivity contribution is 5.12. The summed E-state index contributed by atoms with van der Waals surface area (Å²) in [4.78, 5) is 6.33. The molecule has 0 amide bonds. The van der Waals surface area contributed by atoms with Crippen LogP contribution in [-0.4, -0.2) is 47.7 Å². The highest BCUT2D eigenvalue weighted by Crippen LogP contribution is 2.12. The molecule has 1 aliphatic heterocycles. The number of nitrogens with one attached hydrogen (secondary N) is 1. The maximum Gasteiger partial charge on any atom is 0.0931 e. The van der Waals surface area contributed by atoms with Crippen LogP contribution < -0.4 is 5.32 Å². The first kappa shape index (κ1) is 11.5. The van der Waals surface area contributed by atoms with Crippen LogP contribution in [-0.2, 0) is 0 Å². The molecule has 1 fully saturated rings. The van der Waals surface area contributed by atoms with E-state index in [4.69, 9.17) is 0 Å². The minimum atomic E-state index is -0.424. The van der Waals surface area contributed by atoms with Gasteiger partial charge in [0.25, 0.3) is 0 Å². The molecule has 0 radical (unpaired) electrons. The largest absolute Gasteiger partial charge is 0.387 e. The van der Waals surface area contributed by atoms with Crippen molar-refractivity contribution >= 4 is 0 Å². The third-order valence-electron chi connectivity index (χ3n) is 2.93. The van der Waals surface area contributed by atoms with Crippen LogP contribution in [0.5, 0.6) is 0 Å². The molecule has 2 heterocycles. The van der Waals surface area contributed by atoms with Crippen LogP contribution >= 0.6 is 0 Å². The lowest BCUT2D eigenvalue weighted by atomic mass is 10.1. The summed E-state index contributed by atoms with van der Waals surface area (Å²) in [5.74, 6) is 0. The van der Waals surface area contributed by atoms with Crippen LogP contribution in [0.4, 0.5) is 0 Å². The van der Waals surface area contributed by atoms with Gasteiger partial charge in [-0.3, -0.25) is 9.88 Å². The van der Waals surface area contributed by atoms with Crippen molar-refractivity contribution in [3.63, 3.8) is 0 Å². The summed E-state index contributed by atoms with van der Waals surface area (Å²) in [6.07, 6.45) is 4.19. The van der Waals surface area contributed by atoms with Gasteiger partial charge in [0.1, 0.15) is 0 Å². The normalized spacial score (nSPS) is 20.3. The Bertz CT molecular complexity index is 296. The maximum atomic E-state index is 10.1. The molecule has 0 aliphatic carbocycles. The van der Waals surface area contributed by atoms with Gasteiger partial charge in [-0.05, 0) is 25.6 Å². The Morgan fingerprint density at radius 2 is 2.38 bits per heavy atom. The van der Waals surface area contributed by atoms with Gasteiger partial charge < -0.3 is 10.4 Å². The van der Waals surface area contributed by atoms with Crippen LogP contribution in [0.3, 0.4) is 0 Å². The van der Waals surface area contributed by atoms with E-state index in [1.165, 1.54) is 0 Å². The summed E-state index contributed by atoms with van der Waals surface area (Å²) in [5.41, 5.74) is 0.903. The van der Waals surface area contributed by atoms with Crippen LogP contribution in [0.1, 0.15) is 18.1 Å². The first-order valence-corrected chi connectivity index (χ1v) is 5.87. The number of hydrogen-bond donors (Lipinski definition) is 2. The van der Waals surface area contributed by atoms with E-state index < -0.39 is 6.10 Å². The van der Waals surface area contributed by atoms with Crippen molar-refractivity contribution in [2.75, 3.05) is 32.7 Å². The lowest BCUT2D eigenvalue weighted by molar-refractivity contribution is 0.116. The molecule has 2 rings (SSSR count). The van der Waals surface area contributed by atoms with Crippen LogP contribution in [0.2, 0.25) is 0 Å². The lowest BCUT2D eigenvalue weighted by Crippen LogP contribution is -2.32. The van der Waals surface area contributed by atoms with E-state index in [1.54, 1.807) is 12.4 Å². The zero-order valence-electron chi connectivity index (χ0n) is 9.47. The predicted molar refractivity (Wildman–Crippen MR) is 63.1 cm³/mol. The smallest absolute Gasteiger partial charge is 0.0931 e. The third-order valence-corrected chi connectivity index (χ3v) is 2.93. The average molecular weight is 221 g/mol. The summed E-state index contributed by atoms with van der Waals surface area (Å²) in [7, 11) is 0. The first-order valence-electron chi connectivity index (χ1n) is 5.87. The SMILES string of the molecule is OC(CN1CCCNCC1)c1cccnc1. The molecule has 1 unspecified atom stereocenters. The molecule has 1 aromatic rings. The van der Waals surface area contributed by atoms with Crippen molar-refractivity contribution in [1.82, 2.24) is 15.2 Å². The first-order chi connectivity index (χ1) is 7.86. The standard InChI is InChI=1S/C12H19N3O/c16-12(11-3-1-4-14-9-11)10-15-7-2-5-13-6-8-15/h1,3-4,9,12-13,16H,2,5-8,10H2. The van der Waals surface area contributed by atoms with Gasteiger partial charge in [0.15, 0.2) is 0 Å². The van der Waals surface area contributed by atoms with Crippen molar-refractivity contribution in [2.24, 2.45) is 0 Å². The van der Waals surface area contributed by atoms with Gasteiger partial charge in [-0.2, -0.15) is 0 Å². The van der Waals surface area contributed by atoms with Gasteiger partial charge in [0, 0.05) is 37.6 Å². The molecule has 1 aliphatic rings. The Balaban J connectivity index is 1.88. The third kappa shape index (κ3) is 3.27. The van der Waals surface area contributed by atoms with Crippen molar-refractivity contribution < 1.29 is 5.11 Å². The Morgan fingerprint density at radius 1 is 1.44 bits per heavy atom. The molecule has 2 N–H and O–H groups in total. The number of aliphatic hydroxyl groups excluding tert-OH is 1. The molecule has 1 saturated heterocycles. The minimum absolute atomic E-state index is 0.424. The van der Waals surface area contributed by atoms with Crippen LogP contribution in [0.15, 0.2) is 24.5 Å². The van der Waals surface area contributed by atoms with Crippen LogP contribution in [0.25, 0.3) is 0 Å². The van der Waals surface area contributed by atoms with E-state index in [2.05, 4.69) is 15.2 Å². The van der Waals surface area contributed by atoms with Crippen molar-refractivity contribution in [3.8, 4) is 0 Å². The summed E-state index contributed by atoms with van der Waals surface area (Å²) < 4.78 is 0. The number of nitrogens with zero attached hydrogens (tertiary/aromatic N) is 2. The molecule has 1 atom stereocenters. The molecule has 0 spiro atoms. The van der Waals surface area contributed by atoms with Crippen molar-refractivity contribution in [1.29, 1.82) is 0 Å². The summed E-state index contributed by atoms with van der Waals surface area (Å²) in [6.45, 7) is 4.87. The summed E-state index contributed by atoms with van der Waals surface area (Å²) in [6, 6.07) is 3.79. The number of rotatable bonds is 3. The zero-order valence-corrected chi connectivity index (χ0v) is 9.47. The highest BCUT2D eigenvalue weighted by atomic mass is 16.3. The molecule has 0 saturated carbocycles. The van der Waals surface area contributed by atoms with E-state index in [0.717, 1.165) is 38.2 Å². The van der Waals surface area contributed by atoms with Gasteiger partial charge in [-0.1, -0.05) is 6.07 Å². The van der Waals surface area contributed by atoms with Crippen molar-refractivity contribution in [3.05, 3.63) is 30.1 Å². The Hall–Kier alpha value is -0.970. The number of pyridine rings is 1. The van der Waals surface area contributed by atoms with Gasteiger partial charge in [-0.25, -0.2) is 0 Å². The summed E-state index contributed by atoms with van der Waals surface area (Å²) >= 11 is 0. The number of aliphatic hydroxyl groups is 1. The second-order valence-electron chi connectivity index (χ2n) is 4.21. The molecular formula is C12H19N3O. The Morgan fingerprint density at radius 3 is 3.19 bits per heavy atom. The number of aromatic nitrogens is 1. The Kier molecular flexibility index (Phi) is 4.27. The van der Waals surface area contributed by atoms with Gasteiger partial charge in [0.05, 0.1) is 6.10 Å². The molecule has 0 bridgehead atoms. The average Bonchev–Trinajstić information content (AvgIpc) is 2.59. The fourth-order valence-corrected chi connectivity index (χ4v) is 2.01. The molecule has 0 aromatic carbocycles. The molecule has 4 nitrogen and oxygen atoms in total. The van der Waals surface area contributed by atoms with Gasteiger partial charge >= 0.3 is 0 Å². The second kappa shape index (κ2) is 5.94. The molecule has 16 heavy (non-hydrogen) atoms. The summed E-state index contributed by atoms with van der Waals surface area (Å²) in [5, 5.41) is 13.4. The van der Waals surface area contributed by atoms with E-state index >= 15 is 0 Å². The molecule has 88 valence electrons. The fourth-order valence-electron chi connectivity index (χ4n) is 2.01. The zero-order chi connectivity index (χ0) is 11.2. The van der Waals surface area contributed by atoms with E-state index in [9.17, 15) is 5.11 Å². The fraction of sp³-hybridized carbons (Fsp3) is 0.583. The topological polar surface area (TPSA) is 48.4 Å². The predicted octanol–water partition coefficient (Wildman–Crippen LogP) is 0.410. The van der Waals surface area contributed by atoms with E-state index in [1.807, 2.05) is 12.1 Å². The molecular weight excluding hydrogens is 202 g/mol. The number of β-amino-alcohol motifs (C(OH)–C–C–N with tert-alkyl or cyclic N) is 1. The maximum absolute atomic E-state index is 10.1. The quantitative estimate of drug-likeness (QED) is 0.776. The van der Waals surface area contributed by atoms with E-state index in [-0.39, 0.29) is 0 Å². The van der Waals surface area contributed by atoms with Gasteiger partial charge in [0.2, 0.25) is 0 Å².